The number of nitrogens with two attached hydrogens (primary N) is 1. The Morgan fingerprint density at radius 1 is 1.50 bits per heavy atom. The Morgan fingerprint density at radius 3 is 3.10 bits per heavy atom. The lowest BCUT2D eigenvalue weighted by Gasteiger charge is -2.04. The number of pyridine rings is 1. The van der Waals surface area contributed by atoms with Crippen LogP contribution < -0.4 is 11.1 Å². The molecule has 0 aliphatic carbocycles. The number of hydrogen-bond donors (Lipinski definition) is 2. The summed E-state index contributed by atoms with van der Waals surface area (Å²) >= 11 is 0. The maximum absolute atomic E-state index is 12.1. The van der Waals surface area contributed by atoms with Crippen molar-refractivity contribution in [3.05, 3.63) is 47.5 Å². The summed E-state index contributed by atoms with van der Waals surface area (Å²) in [6.45, 7) is 2.22. The summed E-state index contributed by atoms with van der Waals surface area (Å²) in [4.78, 5) is 16.2. The standard InChI is InChI=1S/C15H15N3O2/c1-2-13-12(6-9-20-13)15(19)18-14-10-11(4-3-7-16)5-8-17-14/h5-6,8-10H,2,7,16H2,1H3,(H,17,18,19). The molecule has 2 aromatic rings. The zero-order valence-electron chi connectivity index (χ0n) is 11.1. The minimum Gasteiger partial charge on any atom is -0.469 e. The fourth-order valence-corrected chi connectivity index (χ4v) is 1.73. The normalized spacial score (nSPS) is 9.70. The van der Waals surface area contributed by atoms with Crippen molar-refractivity contribution in [2.45, 2.75) is 13.3 Å². The van der Waals surface area contributed by atoms with E-state index in [1.54, 1.807) is 24.4 Å². The topological polar surface area (TPSA) is 81.2 Å². The van der Waals surface area contributed by atoms with E-state index in [2.05, 4.69) is 22.1 Å². The third kappa shape index (κ3) is 3.25. The number of aryl methyl sites for hydroxylation is 1. The second kappa shape index (κ2) is 6.55. The summed E-state index contributed by atoms with van der Waals surface area (Å²) in [5, 5.41) is 2.73. The number of aromatic nitrogens is 1. The fourth-order valence-electron chi connectivity index (χ4n) is 1.73. The van der Waals surface area contributed by atoms with E-state index in [4.69, 9.17) is 10.2 Å². The molecule has 3 N–H and O–H groups in total. The SMILES string of the molecule is CCc1occc1C(=O)Nc1cc(C#CCN)ccn1. The molecule has 0 aliphatic rings. The number of hydrogen-bond acceptors (Lipinski definition) is 4. The van der Waals surface area contributed by atoms with E-state index in [0.29, 0.717) is 30.1 Å². The summed E-state index contributed by atoms with van der Waals surface area (Å²) in [6.07, 6.45) is 3.75. The Kier molecular flexibility index (Phi) is 4.53. The molecule has 20 heavy (non-hydrogen) atoms. The van der Waals surface area contributed by atoms with Gasteiger partial charge in [0.15, 0.2) is 0 Å². The van der Waals surface area contributed by atoms with Crippen LogP contribution >= 0.6 is 0 Å². The van der Waals surface area contributed by atoms with Crippen LogP contribution in [0.5, 0.6) is 0 Å². The Labute approximate surface area is 117 Å². The molecule has 0 saturated carbocycles. The summed E-state index contributed by atoms with van der Waals surface area (Å²) in [5.74, 6) is 6.50. The van der Waals surface area contributed by atoms with Crippen molar-refractivity contribution in [3.63, 3.8) is 0 Å². The van der Waals surface area contributed by atoms with Crippen molar-refractivity contribution in [1.29, 1.82) is 0 Å². The Hall–Kier alpha value is -2.58. The van der Waals surface area contributed by atoms with Gasteiger partial charge in [-0.15, -0.1) is 0 Å². The lowest BCUT2D eigenvalue weighted by atomic mass is 10.2. The van der Waals surface area contributed by atoms with Gasteiger partial charge in [0.25, 0.3) is 5.91 Å². The summed E-state index contributed by atoms with van der Waals surface area (Å²) in [5.41, 5.74) is 6.60. The third-order valence-electron chi connectivity index (χ3n) is 2.65. The van der Waals surface area contributed by atoms with Crippen molar-refractivity contribution in [3.8, 4) is 11.8 Å². The number of nitrogens with zero attached hydrogens (tertiary/aromatic N) is 1. The zero-order chi connectivity index (χ0) is 14.4. The van der Waals surface area contributed by atoms with E-state index < -0.39 is 0 Å². The van der Waals surface area contributed by atoms with Crippen molar-refractivity contribution in [1.82, 2.24) is 4.98 Å². The minimum atomic E-state index is -0.243. The molecule has 0 spiro atoms. The molecule has 5 nitrogen and oxygen atoms in total. The average molecular weight is 269 g/mol. The highest BCUT2D eigenvalue weighted by atomic mass is 16.3. The molecular formula is C15H15N3O2. The minimum absolute atomic E-state index is 0.243. The number of nitrogens with one attached hydrogen (secondary N) is 1. The third-order valence-corrected chi connectivity index (χ3v) is 2.65. The molecule has 0 radical (unpaired) electrons. The van der Waals surface area contributed by atoms with E-state index in [1.165, 1.54) is 6.26 Å². The number of carbonyl (C=O) groups is 1. The largest absolute Gasteiger partial charge is 0.469 e. The molecule has 1 amide bonds. The lowest BCUT2D eigenvalue weighted by Crippen LogP contribution is -2.13. The molecule has 102 valence electrons. The van der Waals surface area contributed by atoms with Crippen molar-refractivity contribution in [2.24, 2.45) is 5.73 Å². The highest BCUT2D eigenvalue weighted by molar-refractivity contribution is 6.04. The quantitative estimate of drug-likeness (QED) is 0.832. The zero-order valence-corrected chi connectivity index (χ0v) is 11.1. The van der Waals surface area contributed by atoms with E-state index in [9.17, 15) is 4.79 Å². The van der Waals surface area contributed by atoms with Crippen LogP contribution in [-0.2, 0) is 6.42 Å². The molecule has 5 heteroatoms. The monoisotopic (exact) mass is 269 g/mol. The van der Waals surface area contributed by atoms with Crippen LogP contribution in [0, 0.1) is 11.8 Å². The molecule has 0 aliphatic heterocycles. The molecule has 2 heterocycles. The fraction of sp³-hybridized carbons (Fsp3) is 0.200. The van der Waals surface area contributed by atoms with Gasteiger partial charge in [0.2, 0.25) is 0 Å². The van der Waals surface area contributed by atoms with Gasteiger partial charge in [-0.2, -0.15) is 0 Å². The molecule has 0 saturated heterocycles. The lowest BCUT2D eigenvalue weighted by molar-refractivity contribution is 0.102. The maximum atomic E-state index is 12.1. The number of carbonyl (C=O) groups excluding carboxylic acids is 1. The Morgan fingerprint density at radius 2 is 2.35 bits per heavy atom. The van der Waals surface area contributed by atoms with Crippen LogP contribution in [-0.4, -0.2) is 17.4 Å². The number of rotatable bonds is 3. The van der Waals surface area contributed by atoms with Gasteiger partial charge in [0, 0.05) is 18.2 Å². The summed E-state index contributed by atoms with van der Waals surface area (Å²) in [7, 11) is 0. The number of amides is 1. The van der Waals surface area contributed by atoms with Gasteiger partial charge in [-0.05, 0) is 18.2 Å². The Balaban J connectivity index is 2.16. The van der Waals surface area contributed by atoms with Crippen molar-refractivity contribution < 1.29 is 9.21 Å². The Bertz CT molecular complexity index is 665. The molecule has 0 atom stereocenters. The molecule has 0 fully saturated rings. The maximum Gasteiger partial charge on any atom is 0.260 e. The average Bonchev–Trinajstić information content (AvgIpc) is 2.94. The van der Waals surface area contributed by atoms with Gasteiger partial charge < -0.3 is 15.5 Å². The first-order chi connectivity index (χ1) is 9.74. The van der Waals surface area contributed by atoms with Gasteiger partial charge >= 0.3 is 0 Å². The van der Waals surface area contributed by atoms with Crippen LogP contribution in [0.1, 0.15) is 28.6 Å². The van der Waals surface area contributed by atoms with Gasteiger partial charge in [-0.3, -0.25) is 4.79 Å². The first kappa shape index (κ1) is 13.8. The first-order valence-corrected chi connectivity index (χ1v) is 6.27. The van der Waals surface area contributed by atoms with Crippen molar-refractivity contribution >= 4 is 11.7 Å². The van der Waals surface area contributed by atoms with E-state index in [1.807, 2.05) is 6.92 Å². The van der Waals surface area contributed by atoms with E-state index >= 15 is 0 Å². The van der Waals surface area contributed by atoms with Gasteiger partial charge in [-0.25, -0.2) is 4.98 Å². The van der Waals surface area contributed by atoms with E-state index in [0.717, 1.165) is 5.56 Å². The molecule has 2 rings (SSSR count). The van der Waals surface area contributed by atoms with Gasteiger partial charge in [0.05, 0.1) is 18.4 Å². The highest BCUT2D eigenvalue weighted by Gasteiger charge is 2.13. The van der Waals surface area contributed by atoms with Crippen LogP contribution in [0.25, 0.3) is 0 Å². The van der Waals surface area contributed by atoms with Gasteiger partial charge in [-0.1, -0.05) is 18.8 Å². The van der Waals surface area contributed by atoms with Crippen LogP contribution in [0.3, 0.4) is 0 Å². The van der Waals surface area contributed by atoms with Crippen molar-refractivity contribution in [2.75, 3.05) is 11.9 Å². The molecule has 2 aromatic heterocycles. The van der Waals surface area contributed by atoms with Crippen LogP contribution in [0.15, 0.2) is 35.1 Å². The highest BCUT2D eigenvalue weighted by Crippen LogP contribution is 2.14. The molecular weight excluding hydrogens is 254 g/mol. The molecule has 0 unspecified atom stereocenters. The van der Waals surface area contributed by atoms with Gasteiger partial charge in [0.1, 0.15) is 11.6 Å². The predicted molar refractivity (Wildman–Crippen MR) is 76.2 cm³/mol. The second-order valence-electron chi connectivity index (χ2n) is 4.00. The predicted octanol–water partition coefficient (Wildman–Crippen LogP) is 1.80. The summed E-state index contributed by atoms with van der Waals surface area (Å²) in [6, 6.07) is 5.10. The summed E-state index contributed by atoms with van der Waals surface area (Å²) < 4.78 is 5.23. The number of furan rings is 1. The smallest absolute Gasteiger partial charge is 0.260 e. The molecule has 0 bridgehead atoms. The van der Waals surface area contributed by atoms with E-state index in [-0.39, 0.29) is 5.91 Å². The van der Waals surface area contributed by atoms with Crippen LogP contribution in [0.4, 0.5) is 5.82 Å². The first-order valence-electron chi connectivity index (χ1n) is 6.27. The molecule has 0 aromatic carbocycles. The second-order valence-corrected chi connectivity index (χ2v) is 4.00. The van der Waals surface area contributed by atoms with Crippen LogP contribution in [0.2, 0.25) is 0 Å². The number of anilines is 1.